The van der Waals surface area contributed by atoms with E-state index in [0.29, 0.717) is 18.4 Å². The second kappa shape index (κ2) is 5.13. The lowest BCUT2D eigenvalue weighted by molar-refractivity contribution is 0.793. The van der Waals surface area contributed by atoms with Crippen molar-refractivity contribution in [3.8, 4) is 0 Å². The number of nitrogens with two attached hydrogens (primary N) is 1. The summed E-state index contributed by atoms with van der Waals surface area (Å²) < 4.78 is 1.16. The fourth-order valence-electron chi connectivity index (χ4n) is 1.95. The molecule has 0 saturated carbocycles. The molecule has 1 nitrogen and oxygen atoms in total. The molecule has 1 aromatic carbocycles. The molecule has 0 unspecified atom stereocenters. The van der Waals surface area contributed by atoms with Crippen molar-refractivity contribution in [3.05, 3.63) is 33.3 Å². The van der Waals surface area contributed by atoms with Crippen molar-refractivity contribution in [2.45, 2.75) is 46.1 Å². The summed E-state index contributed by atoms with van der Waals surface area (Å²) in [5.41, 5.74) is 9.93. The van der Waals surface area contributed by atoms with E-state index in [2.05, 4.69) is 55.8 Å². The Balaban J connectivity index is 3.38. The summed E-state index contributed by atoms with van der Waals surface area (Å²) in [5, 5.41) is 0. The highest BCUT2D eigenvalue weighted by molar-refractivity contribution is 9.10. The van der Waals surface area contributed by atoms with Crippen molar-refractivity contribution in [2.75, 3.05) is 0 Å². The molecule has 0 aliphatic rings. The zero-order valence-electron chi connectivity index (χ0n) is 9.97. The van der Waals surface area contributed by atoms with Crippen molar-refractivity contribution < 1.29 is 0 Å². The van der Waals surface area contributed by atoms with Crippen LogP contribution in [0.1, 0.15) is 56.2 Å². The van der Waals surface area contributed by atoms with Crippen LogP contribution in [0.3, 0.4) is 0 Å². The minimum Gasteiger partial charge on any atom is -0.326 e. The maximum absolute atomic E-state index is 5.86. The third kappa shape index (κ3) is 2.82. The van der Waals surface area contributed by atoms with Gasteiger partial charge in [-0.3, -0.25) is 0 Å². The van der Waals surface area contributed by atoms with Crippen molar-refractivity contribution in [3.63, 3.8) is 0 Å². The Morgan fingerprint density at radius 1 is 1.07 bits per heavy atom. The van der Waals surface area contributed by atoms with E-state index >= 15 is 0 Å². The highest BCUT2D eigenvalue weighted by atomic mass is 79.9. The molecule has 15 heavy (non-hydrogen) atoms. The number of benzene rings is 1. The molecule has 1 rings (SSSR count). The van der Waals surface area contributed by atoms with Crippen molar-refractivity contribution >= 4 is 15.9 Å². The van der Waals surface area contributed by atoms with Crippen LogP contribution in [0.15, 0.2) is 16.6 Å². The van der Waals surface area contributed by atoms with Crippen LogP contribution in [-0.4, -0.2) is 0 Å². The van der Waals surface area contributed by atoms with Gasteiger partial charge >= 0.3 is 0 Å². The first-order valence-corrected chi connectivity index (χ1v) is 6.29. The standard InChI is InChI=1S/C13H20BrN/c1-8(2)11-5-10(14)6-12(9(3)4)13(11)7-15/h5-6,8-9H,7,15H2,1-4H3. The molecule has 0 fully saturated rings. The van der Waals surface area contributed by atoms with Gasteiger partial charge in [0.1, 0.15) is 0 Å². The predicted molar refractivity (Wildman–Crippen MR) is 70.2 cm³/mol. The highest BCUT2D eigenvalue weighted by Crippen LogP contribution is 2.31. The summed E-state index contributed by atoms with van der Waals surface area (Å²) in [5.74, 6) is 1.05. The van der Waals surface area contributed by atoms with Gasteiger partial charge in [-0.15, -0.1) is 0 Å². The highest BCUT2D eigenvalue weighted by Gasteiger charge is 2.13. The molecule has 0 heterocycles. The Labute approximate surface area is 101 Å². The molecule has 0 aliphatic carbocycles. The summed E-state index contributed by atoms with van der Waals surface area (Å²) >= 11 is 3.57. The van der Waals surface area contributed by atoms with E-state index in [1.807, 2.05) is 0 Å². The van der Waals surface area contributed by atoms with E-state index in [4.69, 9.17) is 5.73 Å². The lowest BCUT2D eigenvalue weighted by Crippen LogP contribution is -2.08. The first-order chi connectivity index (χ1) is 6.97. The van der Waals surface area contributed by atoms with Gasteiger partial charge in [-0.2, -0.15) is 0 Å². The maximum Gasteiger partial charge on any atom is 0.0183 e. The second-order valence-corrected chi connectivity index (χ2v) is 5.49. The summed E-state index contributed by atoms with van der Waals surface area (Å²) in [7, 11) is 0. The van der Waals surface area contributed by atoms with Crippen LogP contribution in [0.5, 0.6) is 0 Å². The fourth-order valence-corrected chi connectivity index (χ4v) is 2.44. The van der Waals surface area contributed by atoms with E-state index in [1.165, 1.54) is 16.7 Å². The van der Waals surface area contributed by atoms with Crippen LogP contribution < -0.4 is 5.73 Å². The van der Waals surface area contributed by atoms with E-state index in [1.54, 1.807) is 0 Å². The SMILES string of the molecule is CC(C)c1cc(Br)cc(C(C)C)c1CN. The normalized spacial score (nSPS) is 11.5. The molecule has 0 atom stereocenters. The quantitative estimate of drug-likeness (QED) is 0.877. The van der Waals surface area contributed by atoms with Crippen LogP contribution in [0.2, 0.25) is 0 Å². The van der Waals surface area contributed by atoms with E-state index in [0.717, 1.165) is 4.47 Å². The first-order valence-electron chi connectivity index (χ1n) is 5.49. The van der Waals surface area contributed by atoms with Gasteiger partial charge in [0, 0.05) is 11.0 Å². The van der Waals surface area contributed by atoms with Gasteiger partial charge in [0.15, 0.2) is 0 Å². The molecule has 0 saturated heterocycles. The molecule has 0 aliphatic heterocycles. The lowest BCUT2D eigenvalue weighted by Gasteiger charge is -2.19. The van der Waals surface area contributed by atoms with Crippen LogP contribution in [0.4, 0.5) is 0 Å². The van der Waals surface area contributed by atoms with Gasteiger partial charge in [0.25, 0.3) is 0 Å². The average Bonchev–Trinajstić information content (AvgIpc) is 2.16. The lowest BCUT2D eigenvalue weighted by atomic mass is 9.89. The van der Waals surface area contributed by atoms with Crippen LogP contribution >= 0.6 is 15.9 Å². The molecule has 0 radical (unpaired) electrons. The summed E-state index contributed by atoms with van der Waals surface area (Å²) in [4.78, 5) is 0. The molecular weight excluding hydrogens is 250 g/mol. The van der Waals surface area contributed by atoms with Crippen LogP contribution in [-0.2, 0) is 6.54 Å². The second-order valence-electron chi connectivity index (χ2n) is 4.58. The number of hydrogen-bond acceptors (Lipinski definition) is 1. The van der Waals surface area contributed by atoms with Gasteiger partial charge in [-0.25, -0.2) is 0 Å². The Hall–Kier alpha value is -0.340. The molecular formula is C13H20BrN. The van der Waals surface area contributed by atoms with Crippen LogP contribution in [0.25, 0.3) is 0 Å². The van der Waals surface area contributed by atoms with Crippen molar-refractivity contribution in [1.82, 2.24) is 0 Å². The third-order valence-electron chi connectivity index (χ3n) is 2.73. The first kappa shape index (κ1) is 12.7. The minimum atomic E-state index is 0.526. The third-order valence-corrected chi connectivity index (χ3v) is 3.19. The summed E-state index contributed by atoms with van der Waals surface area (Å²) in [6, 6.07) is 4.39. The molecule has 2 N–H and O–H groups in total. The molecule has 2 heteroatoms. The minimum absolute atomic E-state index is 0.526. The van der Waals surface area contributed by atoms with E-state index in [9.17, 15) is 0 Å². The molecule has 1 aromatic rings. The Morgan fingerprint density at radius 2 is 1.47 bits per heavy atom. The monoisotopic (exact) mass is 269 g/mol. The predicted octanol–water partition coefficient (Wildman–Crippen LogP) is 4.15. The molecule has 0 amide bonds. The largest absolute Gasteiger partial charge is 0.326 e. The molecule has 0 bridgehead atoms. The van der Waals surface area contributed by atoms with Crippen molar-refractivity contribution in [1.29, 1.82) is 0 Å². The smallest absolute Gasteiger partial charge is 0.0183 e. The van der Waals surface area contributed by atoms with Gasteiger partial charge in [0.2, 0.25) is 0 Å². The Kier molecular flexibility index (Phi) is 4.35. The topological polar surface area (TPSA) is 26.0 Å². The summed E-state index contributed by atoms with van der Waals surface area (Å²) in [6.07, 6.45) is 0. The zero-order valence-corrected chi connectivity index (χ0v) is 11.6. The number of rotatable bonds is 3. The van der Waals surface area contributed by atoms with E-state index < -0.39 is 0 Å². The number of halogens is 1. The van der Waals surface area contributed by atoms with Gasteiger partial charge in [0.05, 0.1) is 0 Å². The maximum atomic E-state index is 5.86. The Bertz CT molecular complexity index is 313. The zero-order chi connectivity index (χ0) is 11.6. The van der Waals surface area contributed by atoms with Crippen LogP contribution in [0, 0.1) is 0 Å². The van der Waals surface area contributed by atoms with Gasteiger partial charge in [-0.1, -0.05) is 43.6 Å². The molecule has 84 valence electrons. The average molecular weight is 270 g/mol. The number of hydrogen-bond donors (Lipinski definition) is 1. The van der Waals surface area contributed by atoms with Gasteiger partial charge < -0.3 is 5.73 Å². The molecule has 0 aromatic heterocycles. The molecule has 0 spiro atoms. The summed E-state index contributed by atoms with van der Waals surface area (Å²) in [6.45, 7) is 9.49. The van der Waals surface area contributed by atoms with Crippen molar-refractivity contribution in [2.24, 2.45) is 5.73 Å². The fraction of sp³-hybridized carbons (Fsp3) is 0.538. The van der Waals surface area contributed by atoms with E-state index in [-0.39, 0.29) is 0 Å². The Morgan fingerprint density at radius 3 is 1.73 bits per heavy atom. The van der Waals surface area contributed by atoms with Gasteiger partial charge in [-0.05, 0) is 40.7 Å².